The van der Waals surface area contributed by atoms with Crippen LogP contribution in [0.5, 0.6) is 5.75 Å². The summed E-state index contributed by atoms with van der Waals surface area (Å²) in [5.74, 6) is 0.989. The molecule has 0 aliphatic carbocycles. The molecular weight excluding hydrogens is 316 g/mol. The Labute approximate surface area is 127 Å². The maximum Gasteiger partial charge on any atom is 0.124 e. The fourth-order valence-electron chi connectivity index (χ4n) is 2.51. The number of fused-ring (bicyclic) bond motifs is 1. The molecule has 104 valence electrons. The molecule has 0 saturated carbocycles. The van der Waals surface area contributed by atoms with Crippen LogP contribution in [-0.2, 0) is 6.54 Å². The third-order valence-corrected chi connectivity index (χ3v) is 4.18. The summed E-state index contributed by atoms with van der Waals surface area (Å²) in [7, 11) is 0. The van der Waals surface area contributed by atoms with Crippen molar-refractivity contribution in [2.45, 2.75) is 25.9 Å². The SMILES string of the molecule is Cc1cnccc1CNC1CCOc2ccc(Br)cc21. The number of pyridine rings is 1. The molecule has 0 fully saturated rings. The summed E-state index contributed by atoms with van der Waals surface area (Å²) in [4.78, 5) is 4.13. The largest absolute Gasteiger partial charge is 0.493 e. The van der Waals surface area contributed by atoms with Gasteiger partial charge in [0.15, 0.2) is 0 Å². The number of aromatic nitrogens is 1. The molecule has 1 aliphatic rings. The molecule has 0 bridgehead atoms. The third kappa shape index (κ3) is 2.86. The number of ether oxygens (including phenoxy) is 1. The topological polar surface area (TPSA) is 34.2 Å². The maximum absolute atomic E-state index is 5.71. The van der Waals surface area contributed by atoms with Crippen LogP contribution in [0.25, 0.3) is 0 Å². The van der Waals surface area contributed by atoms with Crippen LogP contribution in [-0.4, -0.2) is 11.6 Å². The van der Waals surface area contributed by atoms with Crippen molar-refractivity contribution in [1.29, 1.82) is 0 Å². The van der Waals surface area contributed by atoms with Gasteiger partial charge in [0.1, 0.15) is 5.75 Å². The Bertz CT molecular complexity index is 615. The number of nitrogens with one attached hydrogen (secondary N) is 1. The Kier molecular flexibility index (Phi) is 4.03. The lowest BCUT2D eigenvalue weighted by Crippen LogP contribution is -2.27. The van der Waals surface area contributed by atoms with Crippen molar-refractivity contribution in [2.75, 3.05) is 6.61 Å². The van der Waals surface area contributed by atoms with Gasteiger partial charge < -0.3 is 10.1 Å². The quantitative estimate of drug-likeness (QED) is 0.929. The molecule has 1 aromatic heterocycles. The predicted molar refractivity (Wildman–Crippen MR) is 82.8 cm³/mol. The van der Waals surface area contributed by atoms with Gasteiger partial charge in [0.2, 0.25) is 0 Å². The van der Waals surface area contributed by atoms with E-state index in [1.165, 1.54) is 16.7 Å². The van der Waals surface area contributed by atoms with Crippen molar-refractivity contribution in [3.63, 3.8) is 0 Å². The Morgan fingerprint density at radius 1 is 1.40 bits per heavy atom. The Morgan fingerprint density at radius 2 is 2.30 bits per heavy atom. The molecule has 1 aliphatic heterocycles. The van der Waals surface area contributed by atoms with E-state index in [4.69, 9.17) is 4.74 Å². The molecule has 1 aromatic carbocycles. The van der Waals surface area contributed by atoms with E-state index in [0.29, 0.717) is 6.04 Å². The van der Waals surface area contributed by atoms with E-state index in [-0.39, 0.29) is 0 Å². The average Bonchev–Trinajstić information content (AvgIpc) is 2.46. The van der Waals surface area contributed by atoms with Crippen LogP contribution >= 0.6 is 15.9 Å². The lowest BCUT2D eigenvalue weighted by atomic mass is 10.00. The Hall–Kier alpha value is -1.39. The van der Waals surface area contributed by atoms with E-state index >= 15 is 0 Å². The first-order valence-electron chi connectivity index (χ1n) is 6.79. The number of benzene rings is 1. The van der Waals surface area contributed by atoms with Gasteiger partial charge in [-0.1, -0.05) is 15.9 Å². The van der Waals surface area contributed by atoms with Crippen LogP contribution in [0.2, 0.25) is 0 Å². The van der Waals surface area contributed by atoms with Crippen LogP contribution in [0.4, 0.5) is 0 Å². The smallest absolute Gasteiger partial charge is 0.124 e. The third-order valence-electron chi connectivity index (χ3n) is 3.69. The second-order valence-electron chi connectivity index (χ2n) is 5.05. The number of hydrogen-bond acceptors (Lipinski definition) is 3. The van der Waals surface area contributed by atoms with Crippen molar-refractivity contribution < 1.29 is 4.74 Å². The molecule has 2 aromatic rings. The molecule has 0 saturated heterocycles. The van der Waals surface area contributed by atoms with Gasteiger partial charge in [-0.2, -0.15) is 0 Å². The summed E-state index contributed by atoms with van der Waals surface area (Å²) >= 11 is 3.53. The summed E-state index contributed by atoms with van der Waals surface area (Å²) in [6.45, 7) is 3.71. The van der Waals surface area contributed by atoms with Crippen molar-refractivity contribution in [3.05, 3.63) is 57.8 Å². The van der Waals surface area contributed by atoms with Gasteiger partial charge in [0.25, 0.3) is 0 Å². The van der Waals surface area contributed by atoms with Crippen molar-refractivity contribution in [2.24, 2.45) is 0 Å². The normalized spacial score (nSPS) is 17.4. The summed E-state index contributed by atoms with van der Waals surface area (Å²) in [6.07, 6.45) is 4.75. The zero-order valence-corrected chi connectivity index (χ0v) is 13.0. The molecule has 1 unspecified atom stereocenters. The molecule has 2 heterocycles. The van der Waals surface area contributed by atoms with E-state index in [1.807, 2.05) is 24.5 Å². The highest BCUT2D eigenvalue weighted by Crippen LogP contribution is 2.34. The second kappa shape index (κ2) is 5.94. The van der Waals surface area contributed by atoms with Gasteiger partial charge >= 0.3 is 0 Å². The fourth-order valence-corrected chi connectivity index (χ4v) is 2.89. The minimum Gasteiger partial charge on any atom is -0.493 e. The van der Waals surface area contributed by atoms with Crippen LogP contribution in [0, 0.1) is 6.92 Å². The van der Waals surface area contributed by atoms with Gasteiger partial charge in [-0.05, 0) is 42.3 Å². The number of halogens is 1. The standard InChI is InChI=1S/C16H17BrN2O/c1-11-9-18-6-4-12(11)10-19-15-5-7-20-16-3-2-13(17)8-14(15)16/h2-4,6,8-9,15,19H,5,7,10H2,1H3. The van der Waals surface area contributed by atoms with Crippen molar-refractivity contribution >= 4 is 15.9 Å². The van der Waals surface area contributed by atoms with E-state index in [0.717, 1.165) is 29.8 Å². The van der Waals surface area contributed by atoms with E-state index in [1.54, 1.807) is 0 Å². The monoisotopic (exact) mass is 332 g/mol. The minimum absolute atomic E-state index is 0.337. The van der Waals surface area contributed by atoms with E-state index in [9.17, 15) is 0 Å². The molecular formula is C16H17BrN2O. The van der Waals surface area contributed by atoms with Crippen LogP contribution in [0.3, 0.4) is 0 Å². The number of rotatable bonds is 3. The van der Waals surface area contributed by atoms with Crippen LogP contribution in [0.1, 0.15) is 29.2 Å². The Balaban J connectivity index is 1.77. The summed E-state index contributed by atoms with van der Waals surface area (Å²) in [5.41, 5.74) is 3.75. The van der Waals surface area contributed by atoms with Gasteiger partial charge in [-0.25, -0.2) is 0 Å². The van der Waals surface area contributed by atoms with E-state index in [2.05, 4.69) is 45.3 Å². The van der Waals surface area contributed by atoms with Crippen molar-refractivity contribution in [3.8, 4) is 5.75 Å². The fraction of sp³-hybridized carbons (Fsp3) is 0.312. The zero-order chi connectivity index (χ0) is 13.9. The lowest BCUT2D eigenvalue weighted by molar-refractivity contribution is 0.252. The molecule has 1 atom stereocenters. The maximum atomic E-state index is 5.71. The highest BCUT2D eigenvalue weighted by Gasteiger charge is 2.21. The highest BCUT2D eigenvalue weighted by atomic mass is 79.9. The highest BCUT2D eigenvalue weighted by molar-refractivity contribution is 9.10. The second-order valence-corrected chi connectivity index (χ2v) is 5.97. The molecule has 1 N–H and O–H groups in total. The summed E-state index contributed by atoms with van der Waals surface area (Å²) in [5, 5.41) is 3.63. The molecule has 0 amide bonds. The van der Waals surface area contributed by atoms with Crippen molar-refractivity contribution in [1.82, 2.24) is 10.3 Å². The molecule has 0 radical (unpaired) electrons. The van der Waals surface area contributed by atoms with Gasteiger partial charge in [0, 0.05) is 41.4 Å². The number of hydrogen-bond donors (Lipinski definition) is 1. The number of aryl methyl sites for hydroxylation is 1. The zero-order valence-electron chi connectivity index (χ0n) is 11.4. The molecule has 0 spiro atoms. The minimum atomic E-state index is 0.337. The van der Waals surface area contributed by atoms with Crippen LogP contribution in [0.15, 0.2) is 41.1 Å². The molecule has 3 rings (SSSR count). The average molecular weight is 333 g/mol. The summed E-state index contributed by atoms with van der Waals surface area (Å²) in [6, 6.07) is 8.61. The molecule has 3 nitrogen and oxygen atoms in total. The van der Waals surface area contributed by atoms with Gasteiger partial charge in [-0.3, -0.25) is 4.98 Å². The Morgan fingerprint density at radius 3 is 3.15 bits per heavy atom. The van der Waals surface area contributed by atoms with Gasteiger partial charge in [0.05, 0.1) is 6.61 Å². The lowest BCUT2D eigenvalue weighted by Gasteiger charge is -2.27. The molecule has 20 heavy (non-hydrogen) atoms. The first-order valence-corrected chi connectivity index (χ1v) is 7.58. The number of nitrogens with zero attached hydrogens (tertiary/aromatic N) is 1. The van der Waals surface area contributed by atoms with E-state index < -0.39 is 0 Å². The first-order chi connectivity index (χ1) is 9.74. The predicted octanol–water partition coefficient (Wildman–Crippen LogP) is 3.77. The summed E-state index contributed by atoms with van der Waals surface area (Å²) < 4.78 is 6.80. The van der Waals surface area contributed by atoms with Crippen LogP contribution < -0.4 is 10.1 Å². The van der Waals surface area contributed by atoms with Gasteiger partial charge in [-0.15, -0.1) is 0 Å². The first kappa shape index (κ1) is 13.6. The molecule has 4 heteroatoms.